The zero-order valence-corrected chi connectivity index (χ0v) is 9.29. The maximum absolute atomic E-state index is 5.92. The summed E-state index contributed by atoms with van der Waals surface area (Å²) in [5.41, 5.74) is 5.64. The molecule has 4 heteroatoms. The van der Waals surface area contributed by atoms with Crippen molar-refractivity contribution in [1.82, 2.24) is 0 Å². The first-order chi connectivity index (χ1) is 6.68. The standard InChI is InChI=1S/C10H12BrNO2/c11-8-1-3-9(4-2-8)14-7-10(12)5-13-6-10/h1-4H,5-7,12H2. The molecule has 76 valence electrons. The first kappa shape index (κ1) is 9.96. The van der Waals surface area contributed by atoms with Crippen LogP contribution in [0, 0.1) is 0 Å². The van der Waals surface area contributed by atoms with Crippen LogP contribution in [0.15, 0.2) is 28.7 Å². The summed E-state index contributed by atoms with van der Waals surface area (Å²) in [5, 5.41) is 0. The summed E-state index contributed by atoms with van der Waals surface area (Å²) in [6.07, 6.45) is 0. The van der Waals surface area contributed by atoms with Gasteiger partial charge in [-0.25, -0.2) is 0 Å². The third-order valence-electron chi connectivity index (χ3n) is 2.12. The van der Waals surface area contributed by atoms with E-state index in [0.717, 1.165) is 10.2 Å². The Balaban J connectivity index is 1.88. The average molecular weight is 258 g/mol. The Morgan fingerprint density at radius 3 is 2.50 bits per heavy atom. The highest BCUT2D eigenvalue weighted by Crippen LogP contribution is 2.19. The van der Waals surface area contributed by atoms with E-state index in [-0.39, 0.29) is 5.54 Å². The molecule has 1 heterocycles. The number of halogens is 1. The molecule has 0 atom stereocenters. The van der Waals surface area contributed by atoms with Crippen molar-refractivity contribution < 1.29 is 9.47 Å². The first-order valence-electron chi connectivity index (χ1n) is 4.43. The Kier molecular flexibility index (Phi) is 2.76. The molecule has 2 rings (SSSR count). The summed E-state index contributed by atoms with van der Waals surface area (Å²) in [4.78, 5) is 0. The monoisotopic (exact) mass is 257 g/mol. The van der Waals surface area contributed by atoms with Gasteiger partial charge >= 0.3 is 0 Å². The molecule has 0 saturated carbocycles. The lowest BCUT2D eigenvalue weighted by molar-refractivity contribution is -0.0722. The summed E-state index contributed by atoms with van der Waals surface area (Å²) < 4.78 is 11.6. The molecular weight excluding hydrogens is 246 g/mol. The zero-order chi connectivity index (χ0) is 10.0. The van der Waals surface area contributed by atoms with Gasteiger partial charge in [-0.05, 0) is 24.3 Å². The smallest absolute Gasteiger partial charge is 0.119 e. The van der Waals surface area contributed by atoms with E-state index in [2.05, 4.69) is 15.9 Å². The van der Waals surface area contributed by atoms with Crippen LogP contribution in [-0.2, 0) is 4.74 Å². The van der Waals surface area contributed by atoms with E-state index in [9.17, 15) is 0 Å². The van der Waals surface area contributed by atoms with Gasteiger partial charge in [0.25, 0.3) is 0 Å². The third-order valence-corrected chi connectivity index (χ3v) is 2.65. The number of benzene rings is 1. The summed E-state index contributed by atoms with van der Waals surface area (Å²) in [5.74, 6) is 0.838. The van der Waals surface area contributed by atoms with Crippen molar-refractivity contribution in [2.45, 2.75) is 5.54 Å². The van der Waals surface area contributed by atoms with Crippen LogP contribution in [0.3, 0.4) is 0 Å². The molecule has 0 aliphatic carbocycles. The minimum atomic E-state index is -0.285. The van der Waals surface area contributed by atoms with Crippen molar-refractivity contribution in [3.05, 3.63) is 28.7 Å². The molecule has 1 aliphatic heterocycles. The predicted molar refractivity (Wildman–Crippen MR) is 57.4 cm³/mol. The minimum absolute atomic E-state index is 0.285. The van der Waals surface area contributed by atoms with Crippen molar-refractivity contribution in [3.63, 3.8) is 0 Å². The number of hydrogen-bond acceptors (Lipinski definition) is 3. The lowest BCUT2D eigenvalue weighted by atomic mass is 10.0. The molecule has 1 fully saturated rings. The topological polar surface area (TPSA) is 44.5 Å². The molecule has 0 unspecified atom stereocenters. The number of hydrogen-bond donors (Lipinski definition) is 1. The number of rotatable bonds is 3. The van der Waals surface area contributed by atoms with Crippen LogP contribution >= 0.6 is 15.9 Å². The fraction of sp³-hybridized carbons (Fsp3) is 0.400. The molecule has 14 heavy (non-hydrogen) atoms. The molecular formula is C10H12BrNO2. The molecule has 2 N–H and O–H groups in total. The van der Waals surface area contributed by atoms with E-state index >= 15 is 0 Å². The van der Waals surface area contributed by atoms with Gasteiger partial charge in [0.2, 0.25) is 0 Å². The highest BCUT2D eigenvalue weighted by molar-refractivity contribution is 9.10. The summed E-state index contributed by atoms with van der Waals surface area (Å²) in [6.45, 7) is 1.68. The van der Waals surface area contributed by atoms with Gasteiger partial charge in [0.15, 0.2) is 0 Å². The highest BCUT2D eigenvalue weighted by Gasteiger charge is 2.34. The minimum Gasteiger partial charge on any atom is -0.491 e. The third kappa shape index (κ3) is 2.26. The van der Waals surface area contributed by atoms with Crippen LogP contribution in [-0.4, -0.2) is 25.4 Å². The maximum Gasteiger partial charge on any atom is 0.119 e. The lowest BCUT2D eigenvalue weighted by Gasteiger charge is -2.37. The van der Waals surface area contributed by atoms with Crippen LogP contribution in [0.2, 0.25) is 0 Å². The van der Waals surface area contributed by atoms with Crippen LogP contribution in [0.25, 0.3) is 0 Å². The van der Waals surface area contributed by atoms with Gasteiger partial charge in [-0.1, -0.05) is 15.9 Å². The fourth-order valence-corrected chi connectivity index (χ4v) is 1.47. The average Bonchev–Trinajstić information content (AvgIpc) is 2.14. The van der Waals surface area contributed by atoms with Gasteiger partial charge in [-0.3, -0.25) is 0 Å². The molecule has 1 aliphatic rings. The summed E-state index contributed by atoms with van der Waals surface area (Å²) >= 11 is 3.36. The molecule has 0 bridgehead atoms. The second kappa shape index (κ2) is 3.88. The van der Waals surface area contributed by atoms with Gasteiger partial charge in [-0.2, -0.15) is 0 Å². The Morgan fingerprint density at radius 1 is 1.36 bits per heavy atom. The molecule has 0 radical (unpaired) electrons. The maximum atomic E-state index is 5.92. The Bertz CT molecular complexity index is 308. The van der Waals surface area contributed by atoms with Crippen LogP contribution in [0.4, 0.5) is 0 Å². The van der Waals surface area contributed by atoms with E-state index < -0.39 is 0 Å². The molecule has 3 nitrogen and oxygen atoms in total. The largest absolute Gasteiger partial charge is 0.491 e. The molecule has 0 amide bonds. The van der Waals surface area contributed by atoms with E-state index in [4.69, 9.17) is 15.2 Å². The SMILES string of the molecule is NC1(COc2ccc(Br)cc2)COC1. The zero-order valence-electron chi connectivity index (χ0n) is 7.70. The summed E-state index contributed by atoms with van der Waals surface area (Å²) in [7, 11) is 0. The Morgan fingerprint density at radius 2 is 2.00 bits per heavy atom. The van der Waals surface area contributed by atoms with E-state index in [1.165, 1.54) is 0 Å². The molecule has 0 spiro atoms. The second-order valence-corrected chi connectivity index (χ2v) is 4.51. The normalized spacial score (nSPS) is 18.7. The molecule has 1 aromatic rings. The van der Waals surface area contributed by atoms with Crippen LogP contribution in [0.1, 0.15) is 0 Å². The number of ether oxygens (including phenoxy) is 2. The van der Waals surface area contributed by atoms with Crippen LogP contribution < -0.4 is 10.5 Å². The van der Waals surface area contributed by atoms with Gasteiger partial charge in [-0.15, -0.1) is 0 Å². The molecule has 0 aromatic heterocycles. The van der Waals surface area contributed by atoms with Crippen molar-refractivity contribution >= 4 is 15.9 Å². The summed E-state index contributed by atoms with van der Waals surface area (Å²) in [6, 6.07) is 7.70. The van der Waals surface area contributed by atoms with Crippen molar-refractivity contribution in [2.75, 3.05) is 19.8 Å². The Hall–Kier alpha value is -0.580. The van der Waals surface area contributed by atoms with Crippen molar-refractivity contribution in [3.8, 4) is 5.75 Å². The van der Waals surface area contributed by atoms with E-state index in [1.807, 2.05) is 24.3 Å². The number of nitrogens with two attached hydrogens (primary N) is 1. The van der Waals surface area contributed by atoms with Crippen LogP contribution in [0.5, 0.6) is 5.75 Å². The predicted octanol–water partition coefficient (Wildman–Crippen LogP) is 1.56. The second-order valence-electron chi connectivity index (χ2n) is 3.60. The van der Waals surface area contributed by atoms with Gasteiger partial charge in [0.05, 0.1) is 18.8 Å². The van der Waals surface area contributed by atoms with Gasteiger partial charge in [0, 0.05) is 4.47 Å². The highest BCUT2D eigenvalue weighted by atomic mass is 79.9. The van der Waals surface area contributed by atoms with E-state index in [0.29, 0.717) is 19.8 Å². The fourth-order valence-electron chi connectivity index (χ4n) is 1.21. The quantitative estimate of drug-likeness (QED) is 0.894. The van der Waals surface area contributed by atoms with Crippen molar-refractivity contribution in [1.29, 1.82) is 0 Å². The van der Waals surface area contributed by atoms with Crippen molar-refractivity contribution in [2.24, 2.45) is 5.73 Å². The molecule has 1 saturated heterocycles. The lowest BCUT2D eigenvalue weighted by Crippen LogP contribution is -2.61. The first-order valence-corrected chi connectivity index (χ1v) is 5.22. The van der Waals surface area contributed by atoms with E-state index in [1.54, 1.807) is 0 Å². The molecule has 1 aromatic carbocycles. The van der Waals surface area contributed by atoms with Gasteiger partial charge in [0.1, 0.15) is 12.4 Å². The van der Waals surface area contributed by atoms with Gasteiger partial charge < -0.3 is 15.2 Å². The Labute approximate surface area is 91.3 Å².